The first kappa shape index (κ1) is 15.4. The molecule has 1 aliphatic rings. The number of carbonyl (C=O) groups excluding carboxylic acids is 1. The molecule has 0 bridgehead atoms. The van der Waals surface area contributed by atoms with E-state index in [1.165, 1.54) is 12.1 Å². The second-order valence-corrected chi connectivity index (χ2v) is 4.57. The van der Waals surface area contributed by atoms with Crippen LogP contribution < -0.4 is 15.4 Å². The fourth-order valence-electron chi connectivity index (χ4n) is 1.96. The van der Waals surface area contributed by atoms with E-state index in [1.54, 1.807) is 0 Å². The number of benzene rings is 1. The van der Waals surface area contributed by atoms with Crippen LogP contribution in [0.25, 0.3) is 0 Å². The molecule has 5 nitrogen and oxygen atoms in total. The molecule has 1 aromatic carbocycles. The molecule has 1 aromatic rings. The van der Waals surface area contributed by atoms with E-state index in [4.69, 9.17) is 4.74 Å². The molecule has 1 fully saturated rings. The first-order valence-corrected chi connectivity index (χ1v) is 6.46. The summed E-state index contributed by atoms with van der Waals surface area (Å²) >= 11 is 0. The van der Waals surface area contributed by atoms with Crippen LogP contribution in [0.15, 0.2) is 24.3 Å². The van der Waals surface area contributed by atoms with Gasteiger partial charge < -0.3 is 14.8 Å². The molecule has 116 valence electrons. The van der Waals surface area contributed by atoms with Crippen LogP contribution in [0.4, 0.5) is 23.7 Å². The SMILES string of the molecule is O=C(Nc1ccc(OC(F)(F)F)cc1)OC1CCCNC1. The van der Waals surface area contributed by atoms with E-state index in [0.717, 1.165) is 31.5 Å². The number of alkyl halides is 3. The number of hydrogen-bond acceptors (Lipinski definition) is 4. The maximum absolute atomic E-state index is 12.0. The van der Waals surface area contributed by atoms with Crippen LogP contribution in [0.2, 0.25) is 0 Å². The normalized spacial score (nSPS) is 18.9. The van der Waals surface area contributed by atoms with E-state index < -0.39 is 12.5 Å². The summed E-state index contributed by atoms with van der Waals surface area (Å²) in [5.74, 6) is -0.349. The van der Waals surface area contributed by atoms with Gasteiger partial charge in [-0.15, -0.1) is 13.2 Å². The molecular weight excluding hydrogens is 289 g/mol. The van der Waals surface area contributed by atoms with Crippen LogP contribution in [0.3, 0.4) is 0 Å². The van der Waals surface area contributed by atoms with Crippen molar-refractivity contribution < 1.29 is 27.4 Å². The third-order valence-electron chi connectivity index (χ3n) is 2.86. The lowest BCUT2D eigenvalue weighted by atomic mass is 10.1. The quantitative estimate of drug-likeness (QED) is 0.901. The van der Waals surface area contributed by atoms with Crippen LogP contribution in [-0.2, 0) is 4.74 Å². The molecule has 0 aliphatic carbocycles. The van der Waals surface area contributed by atoms with E-state index in [1.807, 2.05) is 0 Å². The van der Waals surface area contributed by atoms with E-state index in [9.17, 15) is 18.0 Å². The Labute approximate surface area is 119 Å². The predicted octanol–water partition coefficient (Wildman–Crippen LogP) is 2.89. The van der Waals surface area contributed by atoms with Crippen LogP contribution >= 0.6 is 0 Å². The number of hydrogen-bond donors (Lipinski definition) is 2. The number of piperidine rings is 1. The highest BCUT2D eigenvalue weighted by molar-refractivity contribution is 5.84. The van der Waals surface area contributed by atoms with E-state index in [-0.39, 0.29) is 11.9 Å². The molecule has 21 heavy (non-hydrogen) atoms. The van der Waals surface area contributed by atoms with Gasteiger partial charge in [-0.1, -0.05) is 0 Å². The van der Waals surface area contributed by atoms with Crippen molar-refractivity contribution in [2.24, 2.45) is 0 Å². The Kier molecular flexibility index (Phi) is 4.89. The predicted molar refractivity (Wildman–Crippen MR) is 69.1 cm³/mol. The molecule has 0 radical (unpaired) electrons. The van der Waals surface area contributed by atoms with E-state index in [2.05, 4.69) is 15.4 Å². The van der Waals surface area contributed by atoms with Gasteiger partial charge in [0, 0.05) is 12.2 Å². The van der Waals surface area contributed by atoms with Gasteiger partial charge >= 0.3 is 12.5 Å². The Morgan fingerprint density at radius 3 is 2.57 bits per heavy atom. The lowest BCUT2D eigenvalue weighted by Gasteiger charge is -2.22. The molecule has 1 amide bonds. The molecule has 1 saturated heterocycles. The molecule has 1 unspecified atom stereocenters. The summed E-state index contributed by atoms with van der Waals surface area (Å²) in [5.41, 5.74) is 0.332. The minimum Gasteiger partial charge on any atom is -0.445 e. The van der Waals surface area contributed by atoms with Gasteiger partial charge in [-0.2, -0.15) is 0 Å². The van der Waals surface area contributed by atoms with Crippen LogP contribution in [-0.4, -0.2) is 31.6 Å². The number of nitrogens with one attached hydrogen (secondary N) is 2. The second kappa shape index (κ2) is 6.66. The standard InChI is InChI=1S/C13H15F3N2O3/c14-13(15,16)21-10-5-3-9(4-6-10)18-12(19)20-11-2-1-7-17-8-11/h3-6,11,17H,1-2,7-8H2,(H,18,19). The number of rotatable bonds is 3. The van der Waals surface area contributed by atoms with E-state index in [0.29, 0.717) is 12.2 Å². The minimum atomic E-state index is -4.73. The maximum atomic E-state index is 12.0. The first-order valence-electron chi connectivity index (χ1n) is 6.46. The van der Waals surface area contributed by atoms with Crippen molar-refractivity contribution in [3.8, 4) is 5.75 Å². The molecule has 8 heteroatoms. The summed E-state index contributed by atoms with van der Waals surface area (Å²) in [5, 5.41) is 5.56. The van der Waals surface area contributed by atoms with Gasteiger partial charge in [-0.05, 0) is 43.7 Å². The number of amides is 1. The van der Waals surface area contributed by atoms with Crippen molar-refractivity contribution >= 4 is 11.8 Å². The lowest BCUT2D eigenvalue weighted by molar-refractivity contribution is -0.274. The van der Waals surface area contributed by atoms with Crippen molar-refractivity contribution in [1.29, 1.82) is 0 Å². The van der Waals surface area contributed by atoms with Crippen molar-refractivity contribution in [2.75, 3.05) is 18.4 Å². The Balaban J connectivity index is 1.83. The highest BCUT2D eigenvalue weighted by Crippen LogP contribution is 2.24. The van der Waals surface area contributed by atoms with E-state index >= 15 is 0 Å². The summed E-state index contributed by atoms with van der Waals surface area (Å²) in [4.78, 5) is 11.6. The minimum absolute atomic E-state index is 0.188. The molecule has 1 atom stereocenters. The monoisotopic (exact) mass is 304 g/mol. The number of halogens is 3. The molecule has 2 N–H and O–H groups in total. The zero-order valence-electron chi connectivity index (χ0n) is 11.1. The van der Waals surface area contributed by atoms with Gasteiger partial charge in [-0.25, -0.2) is 4.79 Å². The highest BCUT2D eigenvalue weighted by atomic mass is 19.4. The Morgan fingerprint density at radius 2 is 2.00 bits per heavy atom. The smallest absolute Gasteiger partial charge is 0.445 e. The Bertz CT molecular complexity index is 471. The summed E-state index contributed by atoms with van der Waals surface area (Å²) < 4.78 is 44.9. The van der Waals surface area contributed by atoms with Gasteiger partial charge in [0.25, 0.3) is 0 Å². The molecule has 2 rings (SSSR count). The maximum Gasteiger partial charge on any atom is 0.573 e. The Hall–Kier alpha value is -1.96. The van der Waals surface area contributed by atoms with Crippen molar-refractivity contribution in [1.82, 2.24) is 5.32 Å². The molecule has 0 aromatic heterocycles. The van der Waals surface area contributed by atoms with Gasteiger partial charge in [0.15, 0.2) is 0 Å². The molecule has 1 heterocycles. The van der Waals surface area contributed by atoms with Gasteiger partial charge in [0.2, 0.25) is 0 Å². The fraction of sp³-hybridized carbons (Fsp3) is 0.462. The fourth-order valence-corrected chi connectivity index (χ4v) is 1.96. The lowest BCUT2D eigenvalue weighted by Crippen LogP contribution is -2.37. The van der Waals surface area contributed by atoms with Gasteiger partial charge in [-0.3, -0.25) is 5.32 Å². The van der Waals surface area contributed by atoms with Crippen LogP contribution in [0.5, 0.6) is 5.75 Å². The van der Waals surface area contributed by atoms with Gasteiger partial charge in [0.1, 0.15) is 11.9 Å². The largest absolute Gasteiger partial charge is 0.573 e. The van der Waals surface area contributed by atoms with Crippen LogP contribution in [0.1, 0.15) is 12.8 Å². The van der Waals surface area contributed by atoms with Crippen LogP contribution in [0, 0.1) is 0 Å². The average molecular weight is 304 g/mol. The molecule has 1 aliphatic heterocycles. The van der Waals surface area contributed by atoms with Crippen molar-refractivity contribution in [2.45, 2.75) is 25.3 Å². The summed E-state index contributed by atoms with van der Waals surface area (Å²) in [6.07, 6.45) is -3.83. The third kappa shape index (κ3) is 5.50. The van der Waals surface area contributed by atoms with Crippen molar-refractivity contribution in [3.05, 3.63) is 24.3 Å². The molecule has 0 saturated carbocycles. The Morgan fingerprint density at radius 1 is 1.29 bits per heavy atom. The number of anilines is 1. The highest BCUT2D eigenvalue weighted by Gasteiger charge is 2.31. The topological polar surface area (TPSA) is 59.6 Å². The summed E-state index contributed by atoms with van der Waals surface area (Å²) in [6, 6.07) is 4.85. The van der Waals surface area contributed by atoms with Crippen molar-refractivity contribution in [3.63, 3.8) is 0 Å². The average Bonchev–Trinajstić information content (AvgIpc) is 2.40. The zero-order valence-corrected chi connectivity index (χ0v) is 11.1. The zero-order chi connectivity index (χ0) is 15.3. The first-order chi connectivity index (χ1) is 9.92. The number of ether oxygens (including phenoxy) is 2. The summed E-state index contributed by atoms with van der Waals surface area (Å²) in [7, 11) is 0. The van der Waals surface area contributed by atoms with Gasteiger partial charge in [0.05, 0.1) is 0 Å². The summed E-state index contributed by atoms with van der Waals surface area (Å²) in [6.45, 7) is 1.51. The second-order valence-electron chi connectivity index (χ2n) is 4.57. The molecular formula is C13H15F3N2O3. The number of carbonyl (C=O) groups is 1. The molecule has 0 spiro atoms. The third-order valence-corrected chi connectivity index (χ3v) is 2.86.